The van der Waals surface area contributed by atoms with Gasteiger partial charge in [-0.05, 0) is 25.1 Å². The second kappa shape index (κ2) is 5.70. The van der Waals surface area contributed by atoms with E-state index in [1.165, 1.54) is 17.4 Å². The molecule has 1 aromatic heterocycles. The van der Waals surface area contributed by atoms with Crippen molar-refractivity contribution in [2.24, 2.45) is 11.5 Å². The van der Waals surface area contributed by atoms with Crippen LogP contribution in [0, 0.1) is 0 Å². The van der Waals surface area contributed by atoms with Gasteiger partial charge in [-0.3, -0.25) is 14.6 Å². The maximum Gasteiger partial charge on any atom is 0.248 e. The number of nitrogens with zero attached hydrogens (tertiary/aromatic N) is 1. The minimum atomic E-state index is -0.610. The fourth-order valence-corrected chi connectivity index (χ4v) is 2.38. The Bertz CT molecular complexity index is 608. The molecule has 0 aliphatic rings. The summed E-state index contributed by atoms with van der Waals surface area (Å²) in [6.07, 6.45) is 1.76. The van der Waals surface area contributed by atoms with Gasteiger partial charge in [0.1, 0.15) is 0 Å². The summed E-state index contributed by atoms with van der Waals surface area (Å²) in [6, 6.07) is 4.55. The lowest BCUT2D eigenvalue weighted by molar-refractivity contribution is 0.0999. The highest BCUT2D eigenvalue weighted by atomic mass is 32.1. The normalized spacial score (nSPS) is 11.8. The van der Waals surface area contributed by atoms with Crippen LogP contribution >= 0.6 is 11.3 Å². The summed E-state index contributed by atoms with van der Waals surface area (Å²) in [6.45, 7) is 1.95. The first-order valence-corrected chi connectivity index (χ1v) is 6.75. The van der Waals surface area contributed by atoms with Crippen LogP contribution in [0.25, 0.3) is 0 Å². The average molecular weight is 290 g/mol. The number of hydrogen-bond donors (Lipinski definition) is 3. The Kier molecular flexibility index (Phi) is 3.99. The van der Waals surface area contributed by atoms with Crippen LogP contribution in [-0.4, -0.2) is 16.8 Å². The minimum Gasteiger partial charge on any atom is -0.378 e. The Morgan fingerprint density at radius 3 is 2.25 bits per heavy atom. The summed E-state index contributed by atoms with van der Waals surface area (Å²) in [5.74, 6) is -1.22. The number of amides is 2. The number of thiazole rings is 1. The summed E-state index contributed by atoms with van der Waals surface area (Å²) in [5.41, 5.74) is 13.3. The van der Waals surface area contributed by atoms with E-state index in [2.05, 4.69) is 10.3 Å². The number of carbonyl (C=O) groups excluding carboxylic acids is 2. The second-order valence-corrected chi connectivity index (χ2v) is 5.22. The number of aromatic nitrogens is 1. The van der Waals surface area contributed by atoms with Gasteiger partial charge in [-0.1, -0.05) is 0 Å². The van der Waals surface area contributed by atoms with Crippen LogP contribution in [-0.2, 0) is 0 Å². The van der Waals surface area contributed by atoms with Crippen molar-refractivity contribution in [1.29, 1.82) is 0 Å². The molecule has 2 rings (SSSR count). The molecule has 1 atom stereocenters. The molecule has 20 heavy (non-hydrogen) atoms. The van der Waals surface area contributed by atoms with Crippen LogP contribution in [0.4, 0.5) is 5.69 Å². The monoisotopic (exact) mass is 290 g/mol. The quantitative estimate of drug-likeness (QED) is 0.775. The van der Waals surface area contributed by atoms with Crippen LogP contribution in [0.15, 0.2) is 29.9 Å². The van der Waals surface area contributed by atoms with E-state index in [9.17, 15) is 9.59 Å². The Hall–Kier alpha value is -2.41. The van der Waals surface area contributed by atoms with E-state index >= 15 is 0 Å². The molecule has 6 nitrogen and oxygen atoms in total. The summed E-state index contributed by atoms with van der Waals surface area (Å²) in [7, 11) is 0. The molecule has 2 amide bonds. The van der Waals surface area contributed by atoms with E-state index in [-0.39, 0.29) is 17.2 Å². The van der Waals surface area contributed by atoms with Crippen molar-refractivity contribution in [2.45, 2.75) is 13.0 Å². The molecule has 0 saturated heterocycles. The van der Waals surface area contributed by atoms with Crippen LogP contribution in [0.3, 0.4) is 0 Å². The fraction of sp³-hybridized carbons (Fsp3) is 0.154. The molecule has 7 heteroatoms. The van der Waals surface area contributed by atoms with Gasteiger partial charge in [0.25, 0.3) is 0 Å². The summed E-state index contributed by atoms with van der Waals surface area (Å²) in [5, 5.41) is 3.19. The van der Waals surface area contributed by atoms with Crippen molar-refractivity contribution in [1.82, 2.24) is 4.98 Å². The van der Waals surface area contributed by atoms with Crippen molar-refractivity contribution in [3.05, 3.63) is 45.9 Å². The molecule has 0 bridgehead atoms. The van der Waals surface area contributed by atoms with E-state index in [0.717, 1.165) is 4.88 Å². The summed E-state index contributed by atoms with van der Waals surface area (Å²) < 4.78 is 0. The highest BCUT2D eigenvalue weighted by Gasteiger charge is 2.12. The number of carbonyl (C=O) groups is 2. The highest BCUT2D eigenvalue weighted by Crippen LogP contribution is 2.23. The predicted molar refractivity (Wildman–Crippen MR) is 77.6 cm³/mol. The zero-order valence-corrected chi connectivity index (χ0v) is 11.6. The van der Waals surface area contributed by atoms with Gasteiger partial charge in [0.2, 0.25) is 11.8 Å². The van der Waals surface area contributed by atoms with E-state index < -0.39 is 11.8 Å². The van der Waals surface area contributed by atoms with E-state index in [1.54, 1.807) is 23.8 Å². The minimum absolute atomic E-state index is 0.00801. The number of benzene rings is 1. The number of primary amides is 2. The Morgan fingerprint density at radius 1 is 1.20 bits per heavy atom. The molecule has 1 unspecified atom stereocenters. The van der Waals surface area contributed by atoms with Gasteiger partial charge >= 0.3 is 0 Å². The van der Waals surface area contributed by atoms with Gasteiger partial charge in [-0.2, -0.15) is 0 Å². The summed E-state index contributed by atoms with van der Waals surface area (Å²) >= 11 is 1.51. The Morgan fingerprint density at radius 2 is 1.80 bits per heavy atom. The van der Waals surface area contributed by atoms with Gasteiger partial charge < -0.3 is 16.8 Å². The number of rotatable bonds is 5. The molecule has 2 aromatic rings. The molecule has 0 fully saturated rings. The van der Waals surface area contributed by atoms with Crippen LogP contribution in [0.2, 0.25) is 0 Å². The van der Waals surface area contributed by atoms with E-state index in [0.29, 0.717) is 5.69 Å². The van der Waals surface area contributed by atoms with Crippen LogP contribution in [0.1, 0.15) is 38.6 Å². The lowest BCUT2D eigenvalue weighted by atomic mass is 10.1. The highest BCUT2D eigenvalue weighted by molar-refractivity contribution is 7.09. The van der Waals surface area contributed by atoms with E-state index in [1.807, 2.05) is 6.92 Å². The van der Waals surface area contributed by atoms with Crippen molar-refractivity contribution in [3.8, 4) is 0 Å². The third-order valence-corrected chi connectivity index (χ3v) is 3.72. The largest absolute Gasteiger partial charge is 0.378 e. The van der Waals surface area contributed by atoms with Crippen molar-refractivity contribution >= 4 is 28.8 Å². The first-order chi connectivity index (χ1) is 9.47. The fourth-order valence-electron chi connectivity index (χ4n) is 1.76. The molecule has 1 aromatic carbocycles. The average Bonchev–Trinajstić information content (AvgIpc) is 2.92. The molecule has 0 aliphatic carbocycles. The van der Waals surface area contributed by atoms with Crippen molar-refractivity contribution in [2.75, 3.05) is 5.32 Å². The van der Waals surface area contributed by atoms with Gasteiger partial charge in [0.15, 0.2) is 0 Å². The Labute approximate surface area is 119 Å². The molecular weight excluding hydrogens is 276 g/mol. The number of nitrogens with one attached hydrogen (secondary N) is 1. The zero-order valence-electron chi connectivity index (χ0n) is 10.8. The molecular formula is C13H14N4O2S. The standard InChI is InChI=1S/C13H14N4O2S/c1-7(11-5-16-6-20-11)17-10-3-8(12(14)18)2-9(4-10)13(15)19/h2-7,17H,1H3,(H2,14,18)(H2,15,19). The SMILES string of the molecule is CC(Nc1cc(C(N)=O)cc(C(N)=O)c1)c1cncs1. The smallest absolute Gasteiger partial charge is 0.248 e. The third-order valence-electron chi connectivity index (χ3n) is 2.76. The number of anilines is 1. The molecule has 0 aliphatic heterocycles. The van der Waals surface area contributed by atoms with Crippen LogP contribution < -0.4 is 16.8 Å². The topological polar surface area (TPSA) is 111 Å². The maximum absolute atomic E-state index is 11.3. The molecule has 104 valence electrons. The van der Waals surface area contributed by atoms with Gasteiger partial charge in [0.05, 0.1) is 11.6 Å². The van der Waals surface area contributed by atoms with Crippen molar-refractivity contribution in [3.63, 3.8) is 0 Å². The lowest BCUT2D eigenvalue weighted by Gasteiger charge is -2.14. The molecule has 0 radical (unpaired) electrons. The summed E-state index contributed by atoms with van der Waals surface area (Å²) in [4.78, 5) is 27.6. The molecule has 1 heterocycles. The molecule has 5 N–H and O–H groups in total. The number of nitrogens with two attached hydrogens (primary N) is 2. The van der Waals surface area contributed by atoms with Gasteiger partial charge in [-0.25, -0.2) is 0 Å². The third kappa shape index (κ3) is 3.12. The van der Waals surface area contributed by atoms with E-state index in [4.69, 9.17) is 11.5 Å². The predicted octanol–water partition coefficient (Wildman–Crippen LogP) is 1.51. The van der Waals surface area contributed by atoms with Crippen LogP contribution in [0.5, 0.6) is 0 Å². The van der Waals surface area contributed by atoms with Crippen molar-refractivity contribution < 1.29 is 9.59 Å². The lowest BCUT2D eigenvalue weighted by Crippen LogP contribution is -2.16. The van der Waals surface area contributed by atoms with Gasteiger partial charge in [0, 0.05) is 27.9 Å². The second-order valence-electron chi connectivity index (χ2n) is 4.30. The van der Waals surface area contributed by atoms with Gasteiger partial charge in [-0.15, -0.1) is 11.3 Å². The number of hydrogen-bond acceptors (Lipinski definition) is 5. The first-order valence-electron chi connectivity index (χ1n) is 5.87. The first kappa shape index (κ1) is 14.0. The Balaban J connectivity index is 2.31. The molecule has 0 spiro atoms. The maximum atomic E-state index is 11.3. The molecule has 0 saturated carbocycles. The zero-order chi connectivity index (χ0) is 14.7.